The Kier molecular flexibility index (Phi) is 4.27. The zero-order valence-corrected chi connectivity index (χ0v) is 16.0. The molecule has 0 aliphatic heterocycles. The van der Waals surface area contributed by atoms with E-state index in [-0.39, 0.29) is 0 Å². The number of hydrogen-bond donors (Lipinski definition) is 3. The molecule has 1 heterocycles. The highest BCUT2D eigenvalue weighted by molar-refractivity contribution is 7.80. The molecule has 1 aliphatic carbocycles. The lowest BCUT2D eigenvalue weighted by Crippen LogP contribution is -2.60. The van der Waals surface area contributed by atoms with Gasteiger partial charge in [0.1, 0.15) is 5.60 Å². The van der Waals surface area contributed by atoms with Crippen molar-refractivity contribution in [2.75, 3.05) is 0 Å². The maximum atomic E-state index is 12.3. The summed E-state index contributed by atoms with van der Waals surface area (Å²) in [6.07, 6.45) is 1.51. The third-order valence-electron chi connectivity index (χ3n) is 4.64. The van der Waals surface area contributed by atoms with Crippen LogP contribution in [0.25, 0.3) is 10.9 Å². The topological polar surface area (TPSA) is 80.1 Å². The van der Waals surface area contributed by atoms with Crippen molar-refractivity contribution in [2.45, 2.75) is 58.1 Å². The number of carbonyl (C=O) groups excluding carboxylic acids is 1. The summed E-state index contributed by atoms with van der Waals surface area (Å²) in [6.45, 7) is 7.58. The fourth-order valence-corrected chi connectivity index (χ4v) is 3.67. The van der Waals surface area contributed by atoms with Crippen LogP contribution in [0.3, 0.4) is 0 Å². The van der Waals surface area contributed by atoms with Gasteiger partial charge >= 0.3 is 6.09 Å². The number of aryl methyl sites for hydroxylation is 2. The van der Waals surface area contributed by atoms with E-state index in [1.807, 2.05) is 20.8 Å². The van der Waals surface area contributed by atoms with E-state index in [0.717, 1.165) is 17.3 Å². The Bertz CT molecular complexity index is 850. The summed E-state index contributed by atoms with van der Waals surface area (Å²) < 4.78 is 5.42. The van der Waals surface area contributed by atoms with Crippen LogP contribution in [0.2, 0.25) is 0 Å². The first-order chi connectivity index (χ1) is 11.6. The van der Waals surface area contributed by atoms with Gasteiger partial charge in [-0.3, -0.25) is 0 Å². The van der Waals surface area contributed by atoms with Gasteiger partial charge in [-0.25, -0.2) is 4.79 Å². The van der Waals surface area contributed by atoms with Crippen molar-refractivity contribution in [3.05, 3.63) is 35.0 Å². The lowest BCUT2D eigenvalue weighted by Gasteiger charge is -2.37. The second kappa shape index (κ2) is 6.02. The highest BCUT2D eigenvalue weighted by Crippen LogP contribution is 2.34. The van der Waals surface area contributed by atoms with Crippen LogP contribution in [0, 0.1) is 6.92 Å². The molecule has 134 valence electrons. The highest BCUT2D eigenvalue weighted by atomic mass is 32.1. The number of aromatic amines is 1. The average Bonchev–Trinajstić information content (AvgIpc) is 2.81. The fraction of sp³-hybridized carbons (Fsp3) is 0.474. The number of nitrogens with one attached hydrogen (secondary N) is 2. The molecule has 0 spiro atoms. The van der Waals surface area contributed by atoms with E-state index >= 15 is 0 Å². The minimum absolute atomic E-state index is 0.297. The third-order valence-corrected chi connectivity index (χ3v) is 5.03. The second-order valence-corrected chi connectivity index (χ2v) is 8.32. The smallest absolute Gasteiger partial charge is 0.408 e. The molecular formula is C19H25N3O2S. The molecular weight excluding hydrogens is 334 g/mol. The van der Waals surface area contributed by atoms with E-state index in [1.165, 1.54) is 16.8 Å². The van der Waals surface area contributed by atoms with Gasteiger partial charge < -0.3 is 20.8 Å². The van der Waals surface area contributed by atoms with Crippen LogP contribution in [0.15, 0.2) is 18.2 Å². The van der Waals surface area contributed by atoms with Crippen molar-refractivity contribution in [1.29, 1.82) is 0 Å². The monoisotopic (exact) mass is 359 g/mol. The zero-order chi connectivity index (χ0) is 18.4. The number of H-pyrrole nitrogens is 1. The number of amides is 1. The summed E-state index contributed by atoms with van der Waals surface area (Å²) in [5.41, 5.74) is 9.41. The molecule has 0 bridgehead atoms. The van der Waals surface area contributed by atoms with Gasteiger partial charge in [-0.05, 0) is 57.7 Å². The molecule has 25 heavy (non-hydrogen) atoms. The molecule has 1 atom stereocenters. The summed E-state index contributed by atoms with van der Waals surface area (Å²) in [4.78, 5) is 16.1. The molecule has 2 aromatic rings. The highest BCUT2D eigenvalue weighted by Gasteiger charge is 2.41. The van der Waals surface area contributed by atoms with Gasteiger partial charge in [-0.15, -0.1) is 0 Å². The average molecular weight is 359 g/mol. The molecule has 5 nitrogen and oxygen atoms in total. The van der Waals surface area contributed by atoms with Crippen LogP contribution < -0.4 is 11.1 Å². The van der Waals surface area contributed by atoms with E-state index in [2.05, 4.69) is 35.4 Å². The molecule has 0 saturated carbocycles. The largest absolute Gasteiger partial charge is 0.444 e. The zero-order valence-electron chi connectivity index (χ0n) is 15.2. The Hall–Kier alpha value is -2.08. The Morgan fingerprint density at radius 1 is 1.40 bits per heavy atom. The molecule has 1 aromatic carbocycles. The van der Waals surface area contributed by atoms with E-state index < -0.39 is 17.2 Å². The molecule has 3 rings (SSSR count). The number of alkyl carbamates (subject to hydrolysis) is 1. The first-order valence-corrected chi connectivity index (χ1v) is 8.92. The second-order valence-electron chi connectivity index (χ2n) is 7.88. The predicted molar refractivity (Wildman–Crippen MR) is 104 cm³/mol. The van der Waals surface area contributed by atoms with Crippen LogP contribution in [0.5, 0.6) is 0 Å². The Morgan fingerprint density at radius 2 is 2.12 bits per heavy atom. The standard InChI is InChI=1S/C19H25N3O2S/c1-11-5-6-12-13-10-19(16(20)25,22-17(23)24-18(2,3)4)8-7-14(13)21-15(12)9-11/h5-6,9,21H,7-8,10H2,1-4H3,(H2,20,25)(H,22,23)/t19-/m1/s1. The lowest BCUT2D eigenvalue weighted by atomic mass is 9.79. The summed E-state index contributed by atoms with van der Waals surface area (Å²) in [5, 5.41) is 4.11. The minimum atomic E-state index is -0.759. The molecule has 0 radical (unpaired) electrons. The van der Waals surface area contributed by atoms with E-state index in [0.29, 0.717) is 17.8 Å². The number of carbonyl (C=O) groups is 1. The third kappa shape index (κ3) is 3.49. The molecule has 1 amide bonds. The number of fused-ring (bicyclic) bond motifs is 3. The van der Waals surface area contributed by atoms with Crippen LogP contribution in [-0.2, 0) is 17.6 Å². The van der Waals surface area contributed by atoms with Gasteiger partial charge in [-0.1, -0.05) is 24.4 Å². The summed E-state index contributed by atoms with van der Waals surface area (Å²) in [5.74, 6) is 0. The maximum absolute atomic E-state index is 12.3. The first-order valence-electron chi connectivity index (χ1n) is 8.51. The van der Waals surface area contributed by atoms with Crippen LogP contribution in [0.1, 0.15) is 44.0 Å². The normalized spacial score (nSPS) is 20.2. The molecule has 0 fully saturated rings. The number of benzene rings is 1. The number of hydrogen-bond acceptors (Lipinski definition) is 3. The van der Waals surface area contributed by atoms with Gasteiger partial charge in [0.15, 0.2) is 0 Å². The lowest BCUT2D eigenvalue weighted by molar-refractivity contribution is 0.0479. The quantitative estimate of drug-likeness (QED) is 0.717. The van der Waals surface area contributed by atoms with E-state index in [4.69, 9.17) is 22.7 Å². The van der Waals surface area contributed by atoms with Crippen molar-refractivity contribution < 1.29 is 9.53 Å². The molecule has 1 aromatic heterocycles. The maximum Gasteiger partial charge on any atom is 0.408 e. The van der Waals surface area contributed by atoms with Crippen LogP contribution in [0.4, 0.5) is 4.79 Å². The van der Waals surface area contributed by atoms with Gasteiger partial charge in [0.2, 0.25) is 0 Å². The van der Waals surface area contributed by atoms with Crippen LogP contribution >= 0.6 is 12.2 Å². The molecule has 0 saturated heterocycles. The van der Waals surface area contributed by atoms with Crippen molar-refractivity contribution in [1.82, 2.24) is 10.3 Å². The predicted octanol–water partition coefficient (Wildman–Crippen LogP) is 3.51. The number of aromatic nitrogens is 1. The molecule has 1 aliphatic rings. The number of thiocarbonyl (C=S) groups is 1. The summed E-state index contributed by atoms with van der Waals surface area (Å²) >= 11 is 5.33. The molecule has 6 heteroatoms. The Balaban J connectivity index is 1.94. The fourth-order valence-electron chi connectivity index (χ4n) is 3.45. The van der Waals surface area contributed by atoms with Gasteiger partial charge in [0.05, 0.1) is 10.5 Å². The Morgan fingerprint density at radius 3 is 2.76 bits per heavy atom. The molecule has 4 N–H and O–H groups in total. The summed E-state index contributed by atoms with van der Waals surface area (Å²) in [6, 6.07) is 6.34. The van der Waals surface area contributed by atoms with E-state index in [9.17, 15) is 4.79 Å². The van der Waals surface area contributed by atoms with Gasteiger partial charge in [-0.2, -0.15) is 0 Å². The molecule has 0 unspecified atom stereocenters. The SMILES string of the molecule is Cc1ccc2c3c([nH]c2c1)CC[C@](NC(=O)OC(C)(C)C)(C(N)=S)C3. The van der Waals surface area contributed by atoms with Crippen molar-refractivity contribution in [2.24, 2.45) is 5.73 Å². The van der Waals surface area contributed by atoms with Gasteiger partial charge in [0, 0.05) is 23.0 Å². The van der Waals surface area contributed by atoms with Crippen molar-refractivity contribution >= 4 is 34.2 Å². The number of rotatable bonds is 2. The summed E-state index contributed by atoms with van der Waals surface area (Å²) in [7, 11) is 0. The van der Waals surface area contributed by atoms with Crippen LogP contribution in [-0.4, -0.2) is 27.2 Å². The number of nitrogens with two attached hydrogens (primary N) is 1. The first kappa shape index (κ1) is 17.7. The Labute approximate surface area is 153 Å². The minimum Gasteiger partial charge on any atom is -0.444 e. The van der Waals surface area contributed by atoms with Gasteiger partial charge in [0.25, 0.3) is 0 Å². The van der Waals surface area contributed by atoms with Crippen molar-refractivity contribution in [3.63, 3.8) is 0 Å². The number of ether oxygens (including phenoxy) is 1. The van der Waals surface area contributed by atoms with Crippen molar-refractivity contribution in [3.8, 4) is 0 Å². The van der Waals surface area contributed by atoms with E-state index in [1.54, 1.807) is 0 Å².